The first-order valence-corrected chi connectivity index (χ1v) is 6.60. The highest BCUT2D eigenvalue weighted by Gasteiger charge is 2.37. The van der Waals surface area contributed by atoms with Crippen molar-refractivity contribution in [2.75, 3.05) is 13.1 Å². The van der Waals surface area contributed by atoms with Crippen LogP contribution in [0.5, 0.6) is 0 Å². The molecule has 20 heavy (non-hydrogen) atoms. The van der Waals surface area contributed by atoms with Crippen LogP contribution in [-0.2, 0) is 14.3 Å². The molecular weight excluding hydrogens is 260 g/mol. The van der Waals surface area contributed by atoms with Crippen LogP contribution in [0.25, 0.3) is 0 Å². The van der Waals surface area contributed by atoms with Gasteiger partial charge in [-0.2, -0.15) is 0 Å². The lowest BCUT2D eigenvalue weighted by Gasteiger charge is -2.38. The van der Waals surface area contributed by atoms with Crippen LogP contribution in [0.4, 0.5) is 4.79 Å². The molecule has 0 aromatic heterocycles. The van der Waals surface area contributed by atoms with Gasteiger partial charge in [-0.1, -0.05) is 6.58 Å². The van der Waals surface area contributed by atoms with E-state index in [-0.39, 0.29) is 5.91 Å². The van der Waals surface area contributed by atoms with E-state index in [1.807, 2.05) is 0 Å². The summed E-state index contributed by atoms with van der Waals surface area (Å²) in [5.74, 6) is -0.165. The fraction of sp³-hybridized carbons (Fsp3) is 0.643. The molecule has 1 N–H and O–H groups in total. The van der Waals surface area contributed by atoms with Crippen LogP contribution in [0.2, 0.25) is 0 Å². The second kappa shape index (κ2) is 6.07. The Hall–Kier alpha value is -1.85. The molecule has 1 heterocycles. The van der Waals surface area contributed by atoms with Crippen molar-refractivity contribution >= 4 is 18.3 Å². The highest BCUT2D eigenvalue weighted by molar-refractivity contribution is 5.87. The Balaban J connectivity index is 2.63. The summed E-state index contributed by atoms with van der Waals surface area (Å²) in [6.07, 6.45) is 2.10. The van der Waals surface area contributed by atoms with Crippen LogP contribution < -0.4 is 5.32 Å². The lowest BCUT2D eigenvalue weighted by molar-refractivity contribution is -0.129. The first-order valence-electron chi connectivity index (χ1n) is 6.60. The van der Waals surface area contributed by atoms with Crippen LogP contribution in [0.3, 0.4) is 0 Å². The molecule has 2 amide bonds. The number of piperidine rings is 1. The summed E-state index contributed by atoms with van der Waals surface area (Å²) in [5.41, 5.74) is -1.58. The van der Waals surface area contributed by atoms with E-state index in [1.165, 1.54) is 6.08 Å². The molecule has 1 rings (SSSR count). The Morgan fingerprint density at radius 3 is 2.25 bits per heavy atom. The number of hydrogen-bond acceptors (Lipinski definition) is 4. The summed E-state index contributed by atoms with van der Waals surface area (Å²) in [5, 5.41) is 2.62. The smallest absolute Gasteiger partial charge is 0.408 e. The van der Waals surface area contributed by atoms with Crippen LogP contribution in [0.1, 0.15) is 33.6 Å². The molecule has 0 atom stereocenters. The van der Waals surface area contributed by atoms with E-state index >= 15 is 0 Å². The number of likely N-dealkylation sites (tertiary alicyclic amines) is 1. The number of nitrogens with zero attached hydrogens (tertiary/aromatic N) is 1. The number of amides is 2. The fourth-order valence-electron chi connectivity index (χ4n) is 2.03. The molecule has 1 aliphatic heterocycles. The monoisotopic (exact) mass is 282 g/mol. The Morgan fingerprint density at radius 1 is 1.30 bits per heavy atom. The highest BCUT2D eigenvalue weighted by atomic mass is 16.6. The first-order chi connectivity index (χ1) is 9.21. The van der Waals surface area contributed by atoms with Gasteiger partial charge in [0.2, 0.25) is 5.91 Å². The van der Waals surface area contributed by atoms with Crippen molar-refractivity contribution in [3.63, 3.8) is 0 Å². The summed E-state index contributed by atoms with van der Waals surface area (Å²) in [6.45, 7) is 9.50. The van der Waals surface area contributed by atoms with Crippen LogP contribution in [0, 0.1) is 0 Å². The van der Waals surface area contributed by atoms with Gasteiger partial charge in [-0.15, -0.1) is 0 Å². The molecule has 6 heteroatoms. The van der Waals surface area contributed by atoms with E-state index < -0.39 is 17.2 Å². The van der Waals surface area contributed by atoms with Gasteiger partial charge in [0.15, 0.2) is 0 Å². The molecule has 0 aliphatic carbocycles. The summed E-state index contributed by atoms with van der Waals surface area (Å²) in [6, 6.07) is 0. The van der Waals surface area contributed by atoms with Crippen molar-refractivity contribution in [1.29, 1.82) is 0 Å². The predicted molar refractivity (Wildman–Crippen MR) is 74.2 cm³/mol. The minimum Gasteiger partial charge on any atom is -0.444 e. The first kappa shape index (κ1) is 16.2. The van der Waals surface area contributed by atoms with E-state index in [0.29, 0.717) is 25.9 Å². The Labute approximate surface area is 119 Å². The Kier molecular flexibility index (Phi) is 4.92. The molecule has 6 nitrogen and oxygen atoms in total. The summed E-state index contributed by atoms with van der Waals surface area (Å²) in [4.78, 5) is 36.2. The van der Waals surface area contributed by atoms with Gasteiger partial charge >= 0.3 is 6.09 Å². The van der Waals surface area contributed by atoms with Gasteiger partial charge in [0.25, 0.3) is 0 Å². The van der Waals surface area contributed by atoms with E-state index in [2.05, 4.69) is 11.9 Å². The average Bonchev–Trinajstić information content (AvgIpc) is 2.36. The number of nitrogens with one attached hydrogen (secondary N) is 1. The second-order valence-electron chi connectivity index (χ2n) is 5.93. The zero-order valence-corrected chi connectivity index (χ0v) is 12.3. The number of carbonyl (C=O) groups is 3. The molecule has 0 spiro atoms. The Bertz CT molecular complexity index is 404. The molecule has 1 aliphatic rings. The van der Waals surface area contributed by atoms with Crippen molar-refractivity contribution in [3.8, 4) is 0 Å². The quantitative estimate of drug-likeness (QED) is 0.624. The van der Waals surface area contributed by atoms with Gasteiger partial charge in [-0.25, -0.2) is 4.79 Å². The maximum absolute atomic E-state index is 11.8. The SMILES string of the molecule is C=CC(=O)N1CCC(C=O)(NC(=O)OC(C)(C)C)CC1. The average molecular weight is 282 g/mol. The van der Waals surface area contributed by atoms with Crippen LogP contribution in [0.15, 0.2) is 12.7 Å². The van der Waals surface area contributed by atoms with Gasteiger partial charge < -0.3 is 19.7 Å². The molecule has 0 aromatic carbocycles. The molecule has 112 valence electrons. The standard InChI is InChI=1S/C14H22N2O4/c1-5-11(18)16-8-6-14(10-17,7-9-16)15-12(19)20-13(2,3)4/h5,10H,1,6-9H2,2-4H3,(H,15,19). The third kappa shape index (κ3) is 4.36. The second-order valence-corrected chi connectivity index (χ2v) is 5.93. The molecule has 0 bridgehead atoms. The minimum atomic E-state index is -0.958. The normalized spacial score (nSPS) is 18.1. The Morgan fingerprint density at radius 2 is 1.85 bits per heavy atom. The minimum absolute atomic E-state index is 0.165. The highest BCUT2D eigenvalue weighted by Crippen LogP contribution is 2.21. The summed E-state index contributed by atoms with van der Waals surface area (Å²) >= 11 is 0. The van der Waals surface area contributed by atoms with Crippen LogP contribution >= 0.6 is 0 Å². The fourth-order valence-corrected chi connectivity index (χ4v) is 2.03. The summed E-state index contributed by atoms with van der Waals surface area (Å²) in [7, 11) is 0. The van der Waals surface area contributed by atoms with E-state index in [0.717, 1.165) is 6.29 Å². The van der Waals surface area contributed by atoms with E-state index in [1.54, 1.807) is 25.7 Å². The third-order valence-corrected chi connectivity index (χ3v) is 3.12. The van der Waals surface area contributed by atoms with Crippen molar-refractivity contribution < 1.29 is 19.1 Å². The van der Waals surface area contributed by atoms with Gasteiger partial charge in [-0.05, 0) is 39.7 Å². The lowest BCUT2D eigenvalue weighted by atomic mass is 9.89. The topological polar surface area (TPSA) is 75.7 Å². The van der Waals surface area contributed by atoms with Crippen molar-refractivity contribution in [2.45, 2.75) is 44.8 Å². The zero-order chi connectivity index (χ0) is 15.4. The molecule has 0 radical (unpaired) electrons. The van der Waals surface area contributed by atoms with Crippen molar-refractivity contribution in [1.82, 2.24) is 10.2 Å². The number of carbonyl (C=O) groups excluding carboxylic acids is 3. The molecule has 0 saturated carbocycles. The van der Waals surface area contributed by atoms with E-state index in [9.17, 15) is 14.4 Å². The zero-order valence-electron chi connectivity index (χ0n) is 12.3. The summed E-state index contributed by atoms with van der Waals surface area (Å²) < 4.78 is 5.16. The number of hydrogen-bond donors (Lipinski definition) is 1. The number of aldehydes is 1. The van der Waals surface area contributed by atoms with Crippen molar-refractivity contribution in [2.24, 2.45) is 0 Å². The molecule has 1 fully saturated rings. The van der Waals surface area contributed by atoms with Crippen molar-refractivity contribution in [3.05, 3.63) is 12.7 Å². The van der Waals surface area contributed by atoms with Gasteiger partial charge in [-0.3, -0.25) is 4.79 Å². The maximum atomic E-state index is 11.8. The van der Waals surface area contributed by atoms with Gasteiger partial charge in [0, 0.05) is 13.1 Å². The van der Waals surface area contributed by atoms with Gasteiger partial charge in [0.1, 0.15) is 17.4 Å². The lowest BCUT2D eigenvalue weighted by Crippen LogP contribution is -2.57. The largest absolute Gasteiger partial charge is 0.444 e. The molecule has 1 saturated heterocycles. The van der Waals surface area contributed by atoms with Gasteiger partial charge in [0.05, 0.1) is 0 Å². The third-order valence-electron chi connectivity index (χ3n) is 3.12. The number of alkyl carbamates (subject to hydrolysis) is 1. The molecule has 0 unspecified atom stereocenters. The van der Waals surface area contributed by atoms with Crippen LogP contribution in [-0.4, -0.2) is 47.4 Å². The number of ether oxygens (including phenoxy) is 1. The number of rotatable bonds is 3. The maximum Gasteiger partial charge on any atom is 0.408 e. The predicted octanol–water partition coefficient (Wildman–Crippen LogP) is 1.26. The molecule has 0 aromatic rings. The molecular formula is C14H22N2O4. The van der Waals surface area contributed by atoms with E-state index in [4.69, 9.17) is 4.74 Å².